The summed E-state index contributed by atoms with van der Waals surface area (Å²) in [5.74, 6) is -0.0409. The average Bonchev–Trinajstić information content (AvgIpc) is 3.51. The minimum Gasteiger partial charge on any atom is -0.466 e. The molecule has 1 amide bonds. The minimum atomic E-state index is -0.843. The Morgan fingerprint density at radius 1 is 0.318 bits per heavy atom. The summed E-state index contributed by atoms with van der Waals surface area (Å²) in [5, 5.41) is 23.3. The first-order chi connectivity index (χ1) is 42.0. The summed E-state index contributed by atoms with van der Waals surface area (Å²) in [5.41, 5.74) is 0. The van der Waals surface area contributed by atoms with Gasteiger partial charge in [-0.15, -0.1) is 0 Å². The van der Waals surface area contributed by atoms with Crippen molar-refractivity contribution in [3.05, 3.63) is 24.3 Å². The second-order valence-corrected chi connectivity index (χ2v) is 27.0. The summed E-state index contributed by atoms with van der Waals surface area (Å²) in [4.78, 5) is 24.7. The van der Waals surface area contributed by atoms with Gasteiger partial charge in [0.25, 0.3) is 0 Å². The van der Waals surface area contributed by atoms with Crippen molar-refractivity contribution in [1.82, 2.24) is 5.32 Å². The third-order valence-corrected chi connectivity index (χ3v) is 18.5. The van der Waals surface area contributed by atoms with Crippen LogP contribution in [0, 0.1) is 0 Å². The molecule has 0 radical (unpaired) electrons. The van der Waals surface area contributed by atoms with Gasteiger partial charge in [0.2, 0.25) is 5.91 Å². The maximum Gasteiger partial charge on any atom is 0.305 e. The van der Waals surface area contributed by atoms with Crippen molar-refractivity contribution in [2.75, 3.05) is 13.2 Å². The first-order valence-corrected chi connectivity index (χ1v) is 39.1. The number of carbonyl (C=O) groups excluding carboxylic acids is 2. The van der Waals surface area contributed by atoms with Crippen LogP contribution in [0.2, 0.25) is 0 Å². The summed E-state index contributed by atoms with van der Waals surface area (Å²) >= 11 is 0. The largest absolute Gasteiger partial charge is 0.466 e. The molecule has 0 aromatic rings. The van der Waals surface area contributed by atoms with Crippen LogP contribution < -0.4 is 5.32 Å². The number of nitrogens with one attached hydrogen (secondary N) is 1. The van der Waals surface area contributed by atoms with Gasteiger partial charge in [-0.2, -0.15) is 0 Å². The molecule has 0 fully saturated rings. The van der Waals surface area contributed by atoms with E-state index in [-0.39, 0.29) is 18.5 Å². The Balaban J connectivity index is 3.35. The van der Waals surface area contributed by atoms with Crippen LogP contribution in [0.5, 0.6) is 0 Å². The fraction of sp³-hybridized carbons (Fsp3) is 0.924. The number of aliphatic hydroxyl groups is 2. The molecular weight excluding hydrogens is 1040 g/mol. The van der Waals surface area contributed by atoms with Gasteiger partial charge < -0.3 is 20.3 Å². The van der Waals surface area contributed by atoms with Crippen molar-refractivity contribution in [1.29, 1.82) is 0 Å². The van der Waals surface area contributed by atoms with Gasteiger partial charge in [-0.1, -0.05) is 398 Å². The lowest BCUT2D eigenvalue weighted by molar-refractivity contribution is -0.143. The van der Waals surface area contributed by atoms with Gasteiger partial charge in [-0.25, -0.2) is 0 Å². The summed E-state index contributed by atoms with van der Waals surface area (Å²) < 4.78 is 5.52. The SMILES string of the molecule is CCCCCCCC/C=C\CCCCCCCCCCCC(=O)OCCCCCCCCCCCCCCCCCCCCCCCCCCCCCCC(=O)NC(CO)C(O)/C=C/CCCCCCCCCCCCCCCCCCCCC. The van der Waals surface area contributed by atoms with E-state index in [9.17, 15) is 19.8 Å². The van der Waals surface area contributed by atoms with Crippen molar-refractivity contribution >= 4 is 11.9 Å². The molecule has 0 rings (SSSR count). The smallest absolute Gasteiger partial charge is 0.305 e. The highest BCUT2D eigenvalue weighted by molar-refractivity contribution is 5.76. The minimum absolute atomic E-state index is 0.0191. The Hall–Kier alpha value is -1.66. The molecule has 6 nitrogen and oxygen atoms in total. The molecule has 0 aliphatic rings. The van der Waals surface area contributed by atoms with Gasteiger partial charge in [0, 0.05) is 12.8 Å². The number of unbranched alkanes of at least 4 members (excludes halogenated alkanes) is 61. The summed E-state index contributed by atoms with van der Waals surface area (Å²) in [7, 11) is 0. The van der Waals surface area contributed by atoms with Crippen LogP contribution >= 0.6 is 0 Å². The lowest BCUT2D eigenvalue weighted by Crippen LogP contribution is -2.45. The Kier molecular flexibility index (Phi) is 73.3. The lowest BCUT2D eigenvalue weighted by Gasteiger charge is -2.20. The van der Waals surface area contributed by atoms with E-state index < -0.39 is 12.1 Å². The van der Waals surface area contributed by atoms with Gasteiger partial charge in [-0.3, -0.25) is 9.59 Å². The number of hydrogen-bond acceptors (Lipinski definition) is 5. The summed E-state index contributed by atoms with van der Waals surface area (Å²) in [6, 6.07) is -0.626. The van der Waals surface area contributed by atoms with Crippen LogP contribution in [-0.4, -0.2) is 47.4 Å². The van der Waals surface area contributed by atoms with E-state index in [1.165, 1.54) is 379 Å². The molecule has 0 saturated carbocycles. The van der Waals surface area contributed by atoms with Crippen molar-refractivity contribution in [3.63, 3.8) is 0 Å². The second kappa shape index (κ2) is 74.8. The second-order valence-electron chi connectivity index (χ2n) is 27.0. The molecular formula is C79H153NO5. The van der Waals surface area contributed by atoms with Gasteiger partial charge in [0.05, 0.1) is 25.4 Å². The molecule has 0 aromatic carbocycles. The standard InChI is InChI=1S/C79H153NO5/c1-3-5-7-9-11-13-15-17-19-21-23-32-36-39-43-47-51-55-59-63-67-71-77(82)76(75-81)80-78(83)72-68-64-60-56-52-48-44-40-37-33-30-28-26-24-25-27-29-31-34-38-42-46-50-54-58-62-66-70-74-85-79(84)73-69-65-61-57-53-49-45-41-35-22-20-18-16-14-12-10-8-6-4-2/h18,20,67,71,76-77,81-82H,3-17,19,21-66,68-70,72-75H2,1-2H3,(H,80,83)/b20-18-,71-67+. The molecule has 504 valence electrons. The van der Waals surface area contributed by atoms with Crippen LogP contribution in [0.3, 0.4) is 0 Å². The molecule has 85 heavy (non-hydrogen) atoms. The monoisotopic (exact) mass is 1200 g/mol. The van der Waals surface area contributed by atoms with Gasteiger partial charge >= 0.3 is 5.97 Å². The van der Waals surface area contributed by atoms with Crippen molar-refractivity contribution in [2.24, 2.45) is 0 Å². The van der Waals surface area contributed by atoms with E-state index >= 15 is 0 Å². The van der Waals surface area contributed by atoms with Gasteiger partial charge in [-0.05, 0) is 57.8 Å². The molecule has 0 bridgehead atoms. The number of hydrogen-bond donors (Lipinski definition) is 3. The van der Waals surface area contributed by atoms with E-state index in [0.29, 0.717) is 19.4 Å². The first-order valence-electron chi connectivity index (χ1n) is 39.1. The third-order valence-electron chi connectivity index (χ3n) is 18.5. The van der Waals surface area contributed by atoms with E-state index in [1.807, 2.05) is 6.08 Å². The maximum atomic E-state index is 12.5. The number of allylic oxidation sites excluding steroid dienone is 3. The van der Waals surface area contributed by atoms with Crippen LogP contribution in [0.15, 0.2) is 24.3 Å². The third kappa shape index (κ3) is 71.3. The Labute approximate surface area is 532 Å². The van der Waals surface area contributed by atoms with Gasteiger partial charge in [0.1, 0.15) is 0 Å². The molecule has 3 N–H and O–H groups in total. The van der Waals surface area contributed by atoms with Gasteiger partial charge in [0.15, 0.2) is 0 Å². The Morgan fingerprint density at radius 3 is 0.835 bits per heavy atom. The predicted molar refractivity (Wildman–Crippen MR) is 375 cm³/mol. The Bertz CT molecular complexity index is 1330. The number of aliphatic hydroxyl groups excluding tert-OH is 2. The zero-order chi connectivity index (χ0) is 61.3. The van der Waals surface area contributed by atoms with E-state index in [4.69, 9.17) is 4.74 Å². The fourth-order valence-corrected chi connectivity index (χ4v) is 12.5. The zero-order valence-corrected chi connectivity index (χ0v) is 57.9. The predicted octanol–water partition coefficient (Wildman–Crippen LogP) is 25.7. The number of carbonyl (C=O) groups is 2. The van der Waals surface area contributed by atoms with E-state index in [1.54, 1.807) is 6.08 Å². The molecule has 2 atom stereocenters. The van der Waals surface area contributed by atoms with Crippen LogP contribution in [0.1, 0.15) is 444 Å². The number of amides is 1. The highest BCUT2D eigenvalue weighted by Gasteiger charge is 2.18. The first kappa shape index (κ1) is 83.3. The molecule has 0 aliphatic heterocycles. The molecule has 0 heterocycles. The van der Waals surface area contributed by atoms with Crippen LogP contribution in [0.4, 0.5) is 0 Å². The van der Waals surface area contributed by atoms with Crippen LogP contribution in [-0.2, 0) is 14.3 Å². The fourth-order valence-electron chi connectivity index (χ4n) is 12.5. The quantitative estimate of drug-likeness (QED) is 0.0320. The Morgan fingerprint density at radius 2 is 0.553 bits per heavy atom. The number of ether oxygens (including phenoxy) is 1. The molecule has 2 unspecified atom stereocenters. The molecule has 6 heteroatoms. The molecule has 0 spiro atoms. The number of esters is 1. The normalized spacial score (nSPS) is 12.6. The highest BCUT2D eigenvalue weighted by Crippen LogP contribution is 2.20. The lowest BCUT2D eigenvalue weighted by atomic mass is 10.0. The molecule has 0 saturated heterocycles. The summed E-state index contributed by atoms with van der Waals surface area (Å²) in [6.07, 6.45) is 95.7. The number of rotatable bonds is 74. The van der Waals surface area contributed by atoms with Crippen molar-refractivity contribution in [3.8, 4) is 0 Å². The van der Waals surface area contributed by atoms with Crippen molar-refractivity contribution in [2.45, 2.75) is 456 Å². The topological polar surface area (TPSA) is 95.9 Å². The molecule has 0 aliphatic carbocycles. The average molecular weight is 1200 g/mol. The van der Waals surface area contributed by atoms with E-state index in [2.05, 4.69) is 31.3 Å². The zero-order valence-electron chi connectivity index (χ0n) is 57.9. The van der Waals surface area contributed by atoms with Crippen molar-refractivity contribution < 1.29 is 24.5 Å². The maximum absolute atomic E-state index is 12.5. The van der Waals surface area contributed by atoms with Crippen LogP contribution in [0.25, 0.3) is 0 Å². The molecule has 0 aromatic heterocycles. The van der Waals surface area contributed by atoms with E-state index in [0.717, 1.165) is 38.5 Å². The highest BCUT2D eigenvalue weighted by atomic mass is 16.5. The summed E-state index contributed by atoms with van der Waals surface area (Å²) in [6.45, 7) is 4.95.